The van der Waals surface area contributed by atoms with Crippen molar-refractivity contribution in [3.63, 3.8) is 0 Å². The van der Waals surface area contributed by atoms with Crippen LogP contribution in [-0.2, 0) is 9.84 Å². The molecular formula is C14H21N3O3S. The van der Waals surface area contributed by atoms with E-state index in [0.717, 1.165) is 12.8 Å². The van der Waals surface area contributed by atoms with Gasteiger partial charge in [0.25, 0.3) is 0 Å². The fraction of sp³-hybridized carbons (Fsp3) is 0.500. The van der Waals surface area contributed by atoms with Crippen LogP contribution in [0.3, 0.4) is 0 Å². The van der Waals surface area contributed by atoms with Crippen molar-refractivity contribution in [2.45, 2.75) is 36.6 Å². The largest absolute Gasteiger partial charge is 0.409 e. The fourth-order valence-corrected chi connectivity index (χ4v) is 3.59. The van der Waals surface area contributed by atoms with Crippen molar-refractivity contribution < 1.29 is 13.6 Å². The molecule has 0 aromatic heterocycles. The van der Waals surface area contributed by atoms with Crippen LogP contribution in [-0.4, -0.2) is 37.3 Å². The molecule has 6 nitrogen and oxygen atoms in total. The maximum absolute atomic E-state index is 12.3. The molecule has 0 bridgehead atoms. The Morgan fingerprint density at radius 3 is 2.76 bits per heavy atom. The molecule has 7 heteroatoms. The molecule has 1 aromatic rings. The molecule has 2 rings (SSSR count). The van der Waals surface area contributed by atoms with Gasteiger partial charge in [0.15, 0.2) is 15.7 Å². The van der Waals surface area contributed by atoms with E-state index < -0.39 is 9.84 Å². The van der Waals surface area contributed by atoms with Gasteiger partial charge >= 0.3 is 0 Å². The minimum atomic E-state index is -3.39. The predicted octanol–water partition coefficient (Wildman–Crippen LogP) is 1.09. The van der Waals surface area contributed by atoms with Crippen molar-refractivity contribution in [3.8, 4) is 0 Å². The lowest BCUT2D eigenvalue weighted by molar-refractivity contribution is 0.213. The maximum atomic E-state index is 12.3. The van der Waals surface area contributed by atoms with Gasteiger partial charge in [-0.15, -0.1) is 0 Å². The lowest BCUT2D eigenvalue weighted by atomic mass is 9.79. The Morgan fingerprint density at radius 2 is 2.19 bits per heavy atom. The molecule has 1 fully saturated rings. The van der Waals surface area contributed by atoms with E-state index in [1.807, 2.05) is 0 Å². The molecule has 0 radical (unpaired) electrons. The molecule has 1 saturated carbocycles. The van der Waals surface area contributed by atoms with Gasteiger partial charge in [0.2, 0.25) is 0 Å². The first-order valence-corrected chi connectivity index (χ1v) is 8.57. The Labute approximate surface area is 125 Å². The highest BCUT2D eigenvalue weighted by atomic mass is 32.2. The monoisotopic (exact) mass is 311 g/mol. The second-order valence-corrected chi connectivity index (χ2v) is 7.78. The van der Waals surface area contributed by atoms with Crippen LogP contribution in [0.15, 0.2) is 34.3 Å². The summed E-state index contributed by atoms with van der Waals surface area (Å²) in [5.74, 6) is -0.0745. The van der Waals surface area contributed by atoms with Crippen LogP contribution < -0.4 is 11.1 Å². The molecule has 1 aliphatic rings. The van der Waals surface area contributed by atoms with Gasteiger partial charge in [-0.25, -0.2) is 8.42 Å². The summed E-state index contributed by atoms with van der Waals surface area (Å²) in [6.45, 7) is 2.54. The molecule has 0 unspecified atom stereocenters. The van der Waals surface area contributed by atoms with Gasteiger partial charge in [0.1, 0.15) is 0 Å². The van der Waals surface area contributed by atoms with Crippen molar-refractivity contribution in [1.82, 2.24) is 5.32 Å². The predicted molar refractivity (Wildman–Crippen MR) is 81.3 cm³/mol. The lowest BCUT2D eigenvalue weighted by Gasteiger charge is -2.39. The summed E-state index contributed by atoms with van der Waals surface area (Å²) in [4.78, 5) is 0.187. The summed E-state index contributed by atoms with van der Waals surface area (Å²) in [6, 6.07) is 6.13. The van der Waals surface area contributed by atoms with Crippen LogP contribution in [0.5, 0.6) is 0 Å². The Morgan fingerprint density at radius 1 is 1.48 bits per heavy atom. The van der Waals surface area contributed by atoms with E-state index in [-0.39, 0.29) is 22.0 Å². The van der Waals surface area contributed by atoms with Gasteiger partial charge in [-0.1, -0.05) is 17.3 Å². The van der Waals surface area contributed by atoms with Crippen LogP contribution in [0.4, 0.5) is 0 Å². The Bertz CT molecular complexity index is 637. The highest BCUT2D eigenvalue weighted by Gasteiger charge is 2.31. The van der Waals surface area contributed by atoms with E-state index >= 15 is 0 Å². The Balaban J connectivity index is 2.05. The Kier molecular flexibility index (Phi) is 4.53. The van der Waals surface area contributed by atoms with E-state index in [4.69, 9.17) is 10.9 Å². The van der Waals surface area contributed by atoms with Crippen LogP contribution >= 0.6 is 0 Å². The first-order valence-electron chi connectivity index (χ1n) is 6.92. The normalized spacial score (nSPS) is 18.2. The molecular weight excluding hydrogens is 290 g/mol. The van der Waals surface area contributed by atoms with Gasteiger partial charge in [-0.2, -0.15) is 0 Å². The third kappa shape index (κ3) is 3.74. The summed E-state index contributed by atoms with van der Waals surface area (Å²) in [5.41, 5.74) is 5.96. The first-order chi connectivity index (χ1) is 9.86. The summed E-state index contributed by atoms with van der Waals surface area (Å²) in [5, 5.41) is 14.8. The summed E-state index contributed by atoms with van der Waals surface area (Å²) in [7, 11) is -3.39. The quantitative estimate of drug-likeness (QED) is 0.316. The molecule has 1 aromatic carbocycles. The number of nitrogens with two attached hydrogens (primary N) is 1. The van der Waals surface area contributed by atoms with Gasteiger partial charge in [-0.05, 0) is 38.3 Å². The van der Waals surface area contributed by atoms with E-state index in [1.54, 1.807) is 12.1 Å². The fourth-order valence-electron chi connectivity index (χ4n) is 2.40. The van der Waals surface area contributed by atoms with Crippen molar-refractivity contribution in [2.24, 2.45) is 10.9 Å². The zero-order valence-corrected chi connectivity index (χ0v) is 12.9. The van der Waals surface area contributed by atoms with Crippen molar-refractivity contribution in [1.29, 1.82) is 0 Å². The number of benzene rings is 1. The van der Waals surface area contributed by atoms with E-state index in [1.165, 1.54) is 18.6 Å². The molecule has 4 N–H and O–H groups in total. The SMILES string of the molecule is CC1(NCCS(=O)(=O)c2cccc(/C(N)=N/O)c2)CCC1. The van der Waals surface area contributed by atoms with Gasteiger partial charge in [0.05, 0.1) is 10.6 Å². The minimum absolute atomic E-state index is 0.0300. The topological polar surface area (TPSA) is 105 Å². The van der Waals surface area contributed by atoms with Crippen molar-refractivity contribution >= 4 is 15.7 Å². The van der Waals surface area contributed by atoms with Gasteiger partial charge < -0.3 is 16.3 Å². The van der Waals surface area contributed by atoms with Gasteiger partial charge in [-0.3, -0.25) is 0 Å². The minimum Gasteiger partial charge on any atom is -0.409 e. The molecule has 0 atom stereocenters. The molecule has 1 aliphatic carbocycles. The number of amidine groups is 1. The number of hydrogen-bond acceptors (Lipinski definition) is 5. The summed E-state index contributed by atoms with van der Waals surface area (Å²) >= 11 is 0. The summed E-state index contributed by atoms with van der Waals surface area (Å²) < 4.78 is 24.6. The van der Waals surface area contributed by atoms with E-state index in [0.29, 0.717) is 12.1 Å². The molecule has 0 heterocycles. The average molecular weight is 311 g/mol. The van der Waals surface area contributed by atoms with Crippen molar-refractivity contribution in [3.05, 3.63) is 29.8 Å². The first kappa shape index (κ1) is 15.8. The van der Waals surface area contributed by atoms with Crippen molar-refractivity contribution in [2.75, 3.05) is 12.3 Å². The third-order valence-corrected chi connectivity index (χ3v) is 5.69. The number of oxime groups is 1. The zero-order valence-electron chi connectivity index (χ0n) is 12.0. The summed E-state index contributed by atoms with van der Waals surface area (Å²) in [6.07, 6.45) is 3.37. The number of nitrogens with zero attached hydrogens (tertiary/aromatic N) is 1. The number of sulfone groups is 1. The molecule has 0 saturated heterocycles. The standard InChI is InChI=1S/C14H21N3O3S/c1-14(6-3-7-14)16-8-9-21(19,20)12-5-2-4-11(10-12)13(15)17-18/h2,4-5,10,16,18H,3,6-9H2,1H3,(H2,15,17). The third-order valence-electron chi connectivity index (χ3n) is 3.98. The number of hydrogen-bond donors (Lipinski definition) is 3. The van der Waals surface area contributed by atoms with Crippen LogP contribution in [0.1, 0.15) is 31.7 Å². The zero-order chi connectivity index (χ0) is 15.5. The average Bonchev–Trinajstić information content (AvgIpc) is 2.44. The van der Waals surface area contributed by atoms with Crippen LogP contribution in [0.2, 0.25) is 0 Å². The molecule has 0 spiro atoms. The maximum Gasteiger partial charge on any atom is 0.179 e. The second-order valence-electron chi connectivity index (χ2n) is 5.67. The van der Waals surface area contributed by atoms with Gasteiger partial charge in [0, 0.05) is 17.6 Å². The number of rotatable bonds is 6. The second kappa shape index (κ2) is 6.03. The molecule has 0 aliphatic heterocycles. The highest BCUT2D eigenvalue weighted by Crippen LogP contribution is 2.30. The van der Waals surface area contributed by atoms with Crippen LogP contribution in [0, 0.1) is 0 Å². The lowest BCUT2D eigenvalue weighted by Crippen LogP contribution is -2.49. The van der Waals surface area contributed by atoms with E-state index in [9.17, 15) is 8.42 Å². The molecule has 0 amide bonds. The molecule has 21 heavy (non-hydrogen) atoms. The Hall–Kier alpha value is -1.60. The molecule has 116 valence electrons. The smallest absolute Gasteiger partial charge is 0.179 e. The van der Waals surface area contributed by atoms with E-state index in [2.05, 4.69) is 17.4 Å². The van der Waals surface area contributed by atoms with Crippen LogP contribution in [0.25, 0.3) is 0 Å². The highest BCUT2D eigenvalue weighted by molar-refractivity contribution is 7.91. The number of nitrogens with one attached hydrogen (secondary N) is 1.